The summed E-state index contributed by atoms with van der Waals surface area (Å²) >= 11 is 0. The van der Waals surface area contributed by atoms with Crippen LogP contribution in [0.1, 0.15) is 163 Å². The Morgan fingerprint density at radius 2 is 0.447 bits per heavy atom. The summed E-state index contributed by atoms with van der Waals surface area (Å²) in [4.78, 5) is 0. The molecule has 0 spiro atoms. The minimum atomic E-state index is -1.25. The summed E-state index contributed by atoms with van der Waals surface area (Å²) in [6.07, 6.45) is 9.44. The van der Waals surface area contributed by atoms with Gasteiger partial charge in [0.2, 0.25) is 40.1 Å². The first kappa shape index (κ1) is 94.3. The van der Waals surface area contributed by atoms with Crippen LogP contribution in [0.4, 0.5) is 0 Å². The lowest BCUT2D eigenvalue weighted by molar-refractivity contribution is 0.564. The first-order valence-corrected chi connectivity index (χ1v) is 55.4. The Bertz CT molecular complexity index is 8530. The van der Waals surface area contributed by atoms with E-state index in [1.807, 2.05) is 12.1 Å². The van der Waals surface area contributed by atoms with Gasteiger partial charge in [-0.05, 0) is 339 Å². The Morgan fingerprint density at radius 1 is 0.199 bits per heavy atom. The third kappa shape index (κ3) is 18.7. The molecule has 0 radical (unpaired) electrons. The van der Waals surface area contributed by atoms with Gasteiger partial charge in [0.1, 0.15) is 55.8 Å². The van der Waals surface area contributed by atoms with Gasteiger partial charge >= 0.3 is 0 Å². The summed E-state index contributed by atoms with van der Waals surface area (Å²) < 4.78 is 66.0. The fraction of sp³-hybridized carbons (Fsp3) is 0.238. The van der Waals surface area contributed by atoms with E-state index in [9.17, 15) is 0 Å². The molecule has 5 heterocycles. The summed E-state index contributed by atoms with van der Waals surface area (Å²) in [7, 11) is -5.66. The molecule has 0 saturated heterocycles. The molecule has 25 rings (SSSR count). The van der Waals surface area contributed by atoms with E-state index in [1.165, 1.54) is 151 Å². The van der Waals surface area contributed by atoms with Crippen molar-refractivity contribution in [1.29, 1.82) is 0 Å². The number of fused-ring (bicyclic) bond motifs is 31. The maximum atomic E-state index is 7.18. The van der Waals surface area contributed by atoms with Gasteiger partial charge in [0.15, 0.2) is 0 Å². The zero-order chi connectivity index (χ0) is 97.5. The normalized spacial score (nSPS) is 13.3. The molecule has 710 valence electrons. The predicted molar refractivity (Wildman–Crippen MR) is 605 cm³/mol. The van der Waals surface area contributed by atoms with Crippen molar-refractivity contribution in [2.45, 2.75) is 195 Å². The first-order valence-electron chi connectivity index (χ1n) is 49.5. The third-order valence-corrected chi connectivity index (χ3v) is 35.9. The second-order valence-corrected chi connectivity index (χ2v) is 53.7. The Morgan fingerprint density at radius 3 is 0.773 bits per heavy atom. The van der Waals surface area contributed by atoms with E-state index in [4.69, 9.17) is 42.0 Å². The van der Waals surface area contributed by atoms with Crippen molar-refractivity contribution >= 4 is 214 Å². The molecule has 2 aliphatic carbocycles. The molecule has 0 saturated carbocycles. The van der Waals surface area contributed by atoms with E-state index in [0.29, 0.717) is 0 Å². The Kier molecular flexibility index (Phi) is 25.5. The fourth-order valence-electron chi connectivity index (χ4n) is 20.1. The van der Waals surface area contributed by atoms with Gasteiger partial charge in [0, 0.05) is 65.0 Å². The maximum Gasteiger partial charge on any atom is 0.222 e. The number of benzene rings is 18. The molecule has 2 aliphatic rings. The second-order valence-electron chi connectivity index (χ2n) is 42.6. The molecule has 5 aromatic heterocycles. The predicted octanol–water partition coefficient (Wildman–Crippen LogP) is 42.9. The van der Waals surface area contributed by atoms with Crippen molar-refractivity contribution in [3.8, 4) is 22.3 Å². The SMILES string of the molecule is CC(C)(C)p1oc2c(-c3ccccc3)cc3c(c2c2c4c(cc(-c5ccccc5)c2o1)CCCC4)CCCC3.CC(C)(C)p1oc2ccc3ccccc3c2c2c(ccc3ccccc32)o1.CC(C)(C)p1oc2ccc3ccccc3c2c2c(ccc3ccccc32)o1.CC(C)(C)p1oc2ccccc2c2c(ccc3ccccc32)o1.Cc1cc(C)c2op(C(C)(C)C)oc3ccc4ccccc4c3c2c1. The molecule has 18 aromatic carbocycles. The number of rotatable bonds is 2. The molecular formula is C126H121O10P5. The van der Waals surface area contributed by atoms with Crippen LogP contribution in [0.25, 0.3) is 197 Å². The average molecular weight is 1950 g/mol. The van der Waals surface area contributed by atoms with Gasteiger partial charge in [-0.2, -0.15) is 0 Å². The van der Waals surface area contributed by atoms with E-state index < -0.39 is 40.1 Å². The molecule has 10 nitrogen and oxygen atoms in total. The van der Waals surface area contributed by atoms with Crippen LogP contribution in [-0.4, -0.2) is 0 Å². The van der Waals surface area contributed by atoms with Gasteiger partial charge in [0.25, 0.3) is 0 Å². The molecule has 23 aromatic rings. The highest BCUT2D eigenvalue weighted by Crippen LogP contribution is 2.57. The number of hydrogen-bond donors (Lipinski definition) is 0. The number of hydrogen-bond acceptors (Lipinski definition) is 10. The smallest absolute Gasteiger partial charge is 0.222 e. The van der Waals surface area contributed by atoms with E-state index in [-0.39, 0.29) is 25.8 Å². The minimum absolute atomic E-state index is 0.0598. The van der Waals surface area contributed by atoms with Gasteiger partial charge in [-0.3, -0.25) is 0 Å². The van der Waals surface area contributed by atoms with Gasteiger partial charge in [-0.15, -0.1) is 0 Å². The monoisotopic (exact) mass is 1950 g/mol. The van der Waals surface area contributed by atoms with Crippen molar-refractivity contribution in [2.24, 2.45) is 0 Å². The van der Waals surface area contributed by atoms with Crippen molar-refractivity contribution in [1.82, 2.24) is 0 Å². The lowest BCUT2D eigenvalue weighted by Gasteiger charge is -2.23. The quantitative estimate of drug-likeness (QED) is 0.165. The Labute approximate surface area is 828 Å². The van der Waals surface area contributed by atoms with Crippen LogP contribution in [0.15, 0.2) is 370 Å². The van der Waals surface area contributed by atoms with E-state index in [1.54, 1.807) is 0 Å². The van der Waals surface area contributed by atoms with Gasteiger partial charge < -0.3 is 42.0 Å². The van der Waals surface area contributed by atoms with Gasteiger partial charge in [0.05, 0.1) is 25.8 Å². The van der Waals surface area contributed by atoms with Crippen LogP contribution in [0.3, 0.4) is 0 Å². The largest absolute Gasteiger partial charge is 0.419 e. The highest BCUT2D eigenvalue weighted by molar-refractivity contribution is 7.39. The molecular weight excluding hydrogens is 1830 g/mol. The van der Waals surface area contributed by atoms with Crippen molar-refractivity contribution in [2.75, 3.05) is 0 Å². The van der Waals surface area contributed by atoms with Crippen LogP contribution in [-0.2, 0) is 51.5 Å². The Hall–Kier alpha value is -13.0. The lowest BCUT2D eigenvalue weighted by Crippen LogP contribution is -2.07. The summed E-state index contributed by atoms with van der Waals surface area (Å²) in [5, 5.41) is 25.7. The molecule has 2 unspecified atom stereocenters. The molecule has 0 bridgehead atoms. The average Bonchev–Trinajstić information content (AvgIpc) is 1.69. The fourth-order valence-corrected chi connectivity index (χ4v) is 26.4. The maximum absolute atomic E-state index is 7.18. The van der Waals surface area contributed by atoms with Crippen LogP contribution in [0, 0.1) is 13.8 Å². The highest BCUT2D eigenvalue weighted by Gasteiger charge is 2.32. The van der Waals surface area contributed by atoms with E-state index in [2.05, 4.69) is 433 Å². The highest BCUT2D eigenvalue weighted by atomic mass is 31.1. The van der Waals surface area contributed by atoms with Crippen LogP contribution in [0.5, 0.6) is 0 Å². The van der Waals surface area contributed by atoms with Crippen molar-refractivity contribution < 1.29 is 42.0 Å². The lowest BCUT2D eigenvalue weighted by atomic mass is 9.81. The number of aryl methyl sites for hydroxylation is 6. The summed E-state index contributed by atoms with van der Waals surface area (Å²) in [6.45, 7) is 37.1. The topological polar surface area (TPSA) is 131 Å². The molecule has 141 heavy (non-hydrogen) atoms. The van der Waals surface area contributed by atoms with Crippen LogP contribution in [0.2, 0.25) is 0 Å². The molecule has 2 atom stereocenters. The van der Waals surface area contributed by atoms with E-state index >= 15 is 0 Å². The standard InChI is InChI=1S/C36H37O2P.2C24H21O2P.C22H23O2P.C20H19O2P/c1-36(2,3)39-37-34-30(24-14-6-4-7-15-24)22-26-18-10-12-20-28(26)32(34)33-29-21-13-11-19-27(29)23-31(35(33)38-39)25-16-8-5-9-17-25;2*1-24(2,3)27-25-20-14-12-16-8-4-6-10-18(16)22(20)23-19-11-7-5-9-17(19)13-15-21(23)26-27;1-14-12-15(2)21-18(13-14)20-17-9-7-6-8-16(17)10-11-19(20)23-25(24-21)22(3,4)5;1-20(2,3)23-21-17-11-7-6-10-16(17)19-15-9-5-4-8-14(15)12-13-18(19)22-23/h4-9,14-17,22-23H,10-13,18-21H2,1-3H3;2*4-15H,1-3H3;6-13H,1-5H3;4-13H,1-3H3. The summed E-state index contributed by atoms with van der Waals surface area (Å²) in [5.41, 5.74) is 22.7. The molecule has 0 fully saturated rings. The zero-order valence-corrected chi connectivity index (χ0v) is 88.1. The van der Waals surface area contributed by atoms with Crippen LogP contribution >= 0.6 is 40.1 Å². The van der Waals surface area contributed by atoms with Gasteiger partial charge in [-0.25, -0.2) is 0 Å². The molecule has 0 N–H and O–H groups in total. The molecule has 0 amide bonds. The van der Waals surface area contributed by atoms with Crippen molar-refractivity contribution in [3.05, 3.63) is 361 Å². The number of para-hydroxylation sites is 1. The third-order valence-electron chi connectivity index (χ3n) is 26.8. The first-order chi connectivity index (χ1) is 67.9. The van der Waals surface area contributed by atoms with Crippen molar-refractivity contribution in [3.63, 3.8) is 0 Å². The summed E-state index contributed by atoms with van der Waals surface area (Å²) in [6, 6.07) is 115. The van der Waals surface area contributed by atoms with E-state index in [0.717, 1.165) is 130 Å². The minimum Gasteiger partial charge on any atom is -0.419 e. The zero-order valence-electron chi connectivity index (χ0n) is 83.7. The second kappa shape index (κ2) is 38.1. The Balaban J connectivity index is 0.000000106. The van der Waals surface area contributed by atoms with Crippen LogP contribution < -0.4 is 0 Å². The molecule has 0 aliphatic heterocycles. The summed E-state index contributed by atoms with van der Waals surface area (Å²) in [5.74, 6) is 0. The molecule has 15 heteroatoms. The van der Waals surface area contributed by atoms with Gasteiger partial charge in [-0.1, -0.05) is 267 Å².